The first kappa shape index (κ1) is 13.4. The molecule has 0 amide bonds. The molecule has 0 spiro atoms. The molecule has 3 heterocycles. The highest BCUT2D eigenvalue weighted by molar-refractivity contribution is 5.48. The number of pyridine rings is 1. The van der Waals surface area contributed by atoms with Gasteiger partial charge in [0.2, 0.25) is 0 Å². The van der Waals surface area contributed by atoms with E-state index in [1.165, 1.54) is 25.9 Å². The summed E-state index contributed by atoms with van der Waals surface area (Å²) in [5.41, 5.74) is 1.05. The molecule has 0 unspecified atom stereocenters. The normalized spacial score (nSPS) is 18.1. The van der Waals surface area contributed by atoms with Crippen LogP contribution in [0.2, 0.25) is 0 Å². The lowest BCUT2D eigenvalue weighted by Gasteiger charge is -2.34. The Morgan fingerprint density at radius 2 is 2.05 bits per heavy atom. The van der Waals surface area contributed by atoms with Crippen LogP contribution in [0.15, 0.2) is 24.5 Å². The summed E-state index contributed by atoms with van der Waals surface area (Å²) in [6, 6.07) is 4.27. The van der Waals surface area contributed by atoms with Crippen LogP contribution in [-0.2, 0) is 6.42 Å². The number of aromatic hydroxyl groups is 1. The van der Waals surface area contributed by atoms with E-state index >= 15 is 0 Å². The molecule has 1 fully saturated rings. The summed E-state index contributed by atoms with van der Waals surface area (Å²) in [5.74, 6) is 2.07. The quantitative estimate of drug-likeness (QED) is 0.934. The van der Waals surface area contributed by atoms with Crippen molar-refractivity contribution < 1.29 is 5.11 Å². The van der Waals surface area contributed by atoms with Crippen molar-refractivity contribution in [3.05, 3.63) is 30.4 Å². The van der Waals surface area contributed by atoms with E-state index < -0.39 is 0 Å². The minimum absolute atomic E-state index is 0.298. The molecule has 0 aromatic carbocycles. The number of likely N-dealkylation sites (tertiary alicyclic amines) is 1. The van der Waals surface area contributed by atoms with E-state index in [2.05, 4.69) is 23.7 Å². The van der Waals surface area contributed by atoms with Gasteiger partial charge in [-0.25, -0.2) is 4.98 Å². The Labute approximate surface area is 120 Å². The Morgan fingerprint density at radius 1 is 1.30 bits per heavy atom. The molecule has 0 aliphatic carbocycles. The van der Waals surface area contributed by atoms with Crippen LogP contribution < -0.4 is 0 Å². The Hall–Kier alpha value is -1.55. The van der Waals surface area contributed by atoms with Crippen LogP contribution in [0.5, 0.6) is 5.75 Å². The highest BCUT2D eigenvalue weighted by Crippen LogP contribution is 2.23. The first-order chi connectivity index (χ1) is 9.63. The fourth-order valence-electron chi connectivity index (χ4n) is 3.12. The van der Waals surface area contributed by atoms with Crippen molar-refractivity contribution in [2.75, 3.05) is 13.1 Å². The number of piperidine rings is 1. The Morgan fingerprint density at radius 3 is 2.75 bits per heavy atom. The maximum Gasteiger partial charge on any atom is 0.132 e. The van der Waals surface area contributed by atoms with Crippen LogP contribution in [0.4, 0.5) is 0 Å². The molecule has 4 heteroatoms. The second-order valence-electron chi connectivity index (χ2n) is 6.13. The van der Waals surface area contributed by atoms with Crippen LogP contribution in [0.3, 0.4) is 0 Å². The van der Waals surface area contributed by atoms with Crippen LogP contribution in [0.25, 0.3) is 5.52 Å². The number of hydrogen-bond donors (Lipinski definition) is 1. The third kappa shape index (κ3) is 2.66. The molecule has 20 heavy (non-hydrogen) atoms. The summed E-state index contributed by atoms with van der Waals surface area (Å²) in [7, 11) is 0. The predicted molar refractivity (Wildman–Crippen MR) is 80.0 cm³/mol. The highest BCUT2D eigenvalue weighted by Gasteiger charge is 2.22. The molecule has 4 nitrogen and oxygen atoms in total. The zero-order valence-corrected chi connectivity index (χ0v) is 12.3. The van der Waals surface area contributed by atoms with Gasteiger partial charge in [0.15, 0.2) is 0 Å². The molecule has 3 rings (SSSR count). The Bertz CT molecular complexity index is 582. The monoisotopic (exact) mass is 273 g/mol. The molecule has 1 aliphatic heterocycles. The topological polar surface area (TPSA) is 40.8 Å². The van der Waals surface area contributed by atoms with E-state index in [1.807, 2.05) is 16.7 Å². The van der Waals surface area contributed by atoms with Gasteiger partial charge in [-0.05, 0) is 57.8 Å². The van der Waals surface area contributed by atoms with Crippen molar-refractivity contribution in [2.45, 2.75) is 39.2 Å². The predicted octanol–water partition coefficient (Wildman–Crippen LogP) is 2.70. The fraction of sp³-hybridized carbons (Fsp3) is 0.562. The number of hydrogen-bond acceptors (Lipinski definition) is 3. The number of rotatable bonds is 3. The van der Waals surface area contributed by atoms with Crippen LogP contribution in [0.1, 0.15) is 32.5 Å². The first-order valence-electron chi connectivity index (χ1n) is 7.52. The third-order valence-corrected chi connectivity index (χ3v) is 4.44. The lowest BCUT2D eigenvalue weighted by atomic mass is 9.92. The molecule has 0 atom stereocenters. The molecule has 0 radical (unpaired) electrons. The summed E-state index contributed by atoms with van der Waals surface area (Å²) in [5, 5.41) is 9.62. The van der Waals surface area contributed by atoms with Crippen molar-refractivity contribution in [1.29, 1.82) is 0 Å². The van der Waals surface area contributed by atoms with Crippen LogP contribution in [0, 0.1) is 5.92 Å². The van der Waals surface area contributed by atoms with Gasteiger partial charge >= 0.3 is 0 Å². The second kappa shape index (κ2) is 5.44. The lowest BCUT2D eigenvalue weighted by Crippen LogP contribution is -2.38. The third-order valence-electron chi connectivity index (χ3n) is 4.44. The minimum atomic E-state index is 0.298. The van der Waals surface area contributed by atoms with Gasteiger partial charge < -0.3 is 14.4 Å². The summed E-state index contributed by atoms with van der Waals surface area (Å²) >= 11 is 0. The zero-order valence-electron chi connectivity index (χ0n) is 12.3. The SMILES string of the molecule is CC(C)N1CCC(Cc2ncc3ccc(O)cn23)CC1. The maximum absolute atomic E-state index is 9.62. The van der Waals surface area contributed by atoms with Crippen LogP contribution in [-0.4, -0.2) is 38.5 Å². The van der Waals surface area contributed by atoms with Crippen LogP contribution >= 0.6 is 0 Å². The van der Waals surface area contributed by atoms with Gasteiger partial charge in [0.25, 0.3) is 0 Å². The highest BCUT2D eigenvalue weighted by atomic mass is 16.3. The van der Waals surface area contributed by atoms with Gasteiger partial charge in [0, 0.05) is 12.5 Å². The zero-order chi connectivity index (χ0) is 14.1. The first-order valence-corrected chi connectivity index (χ1v) is 7.52. The molecule has 1 saturated heterocycles. The molecule has 1 N–H and O–H groups in total. The molecule has 2 aromatic rings. The van der Waals surface area contributed by atoms with E-state index in [0.717, 1.165) is 17.8 Å². The lowest BCUT2D eigenvalue weighted by molar-refractivity contribution is 0.148. The molecule has 1 aliphatic rings. The van der Waals surface area contributed by atoms with Crippen molar-refractivity contribution in [3.8, 4) is 5.75 Å². The fourth-order valence-corrected chi connectivity index (χ4v) is 3.12. The Balaban J connectivity index is 1.70. The maximum atomic E-state index is 9.62. The number of imidazole rings is 1. The number of fused-ring (bicyclic) bond motifs is 1. The standard InChI is InChI=1S/C16H23N3O/c1-12(2)18-7-5-13(6-8-18)9-16-17-10-14-3-4-15(20)11-19(14)16/h3-4,10-13,20H,5-9H2,1-2H3. The Kier molecular flexibility index (Phi) is 3.66. The van der Waals surface area contributed by atoms with Crippen molar-refractivity contribution in [2.24, 2.45) is 5.92 Å². The van der Waals surface area contributed by atoms with Gasteiger partial charge in [0.1, 0.15) is 11.6 Å². The minimum Gasteiger partial charge on any atom is -0.506 e. The summed E-state index contributed by atoms with van der Waals surface area (Å²) in [6.45, 7) is 6.92. The van der Waals surface area contributed by atoms with Gasteiger partial charge in [-0.2, -0.15) is 0 Å². The van der Waals surface area contributed by atoms with Gasteiger partial charge in [-0.1, -0.05) is 0 Å². The van der Waals surface area contributed by atoms with Gasteiger partial charge in [0.05, 0.1) is 17.9 Å². The number of nitrogens with zero attached hydrogens (tertiary/aromatic N) is 3. The average Bonchev–Trinajstić information content (AvgIpc) is 2.82. The van der Waals surface area contributed by atoms with Gasteiger partial charge in [-0.3, -0.25) is 0 Å². The van der Waals surface area contributed by atoms with E-state index in [-0.39, 0.29) is 0 Å². The molecule has 0 bridgehead atoms. The molecule has 108 valence electrons. The number of aromatic nitrogens is 2. The van der Waals surface area contributed by atoms with Crippen molar-refractivity contribution >= 4 is 5.52 Å². The summed E-state index contributed by atoms with van der Waals surface area (Å²) < 4.78 is 2.02. The molecule has 0 saturated carbocycles. The van der Waals surface area contributed by atoms with Gasteiger partial charge in [-0.15, -0.1) is 0 Å². The molecule has 2 aromatic heterocycles. The van der Waals surface area contributed by atoms with Crippen molar-refractivity contribution in [3.63, 3.8) is 0 Å². The second-order valence-corrected chi connectivity index (χ2v) is 6.13. The van der Waals surface area contributed by atoms with E-state index in [1.54, 1.807) is 12.3 Å². The molecular weight excluding hydrogens is 250 g/mol. The summed E-state index contributed by atoms with van der Waals surface area (Å²) in [6.07, 6.45) is 7.14. The van der Waals surface area contributed by atoms with E-state index in [9.17, 15) is 5.11 Å². The van der Waals surface area contributed by atoms with Crippen molar-refractivity contribution in [1.82, 2.24) is 14.3 Å². The smallest absolute Gasteiger partial charge is 0.132 e. The van der Waals surface area contributed by atoms with E-state index in [4.69, 9.17) is 0 Å². The van der Waals surface area contributed by atoms with E-state index in [0.29, 0.717) is 17.7 Å². The average molecular weight is 273 g/mol. The summed E-state index contributed by atoms with van der Waals surface area (Å²) in [4.78, 5) is 7.07. The molecular formula is C16H23N3O. The largest absolute Gasteiger partial charge is 0.506 e.